The monoisotopic (exact) mass is 328 g/mol. The lowest BCUT2D eigenvalue weighted by atomic mass is 10.1. The summed E-state index contributed by atoms with van der Waals surface area (Å²) in [6.45, 7) is 0.342. The summed E-state index contributed by atoms with van der Waals surface area (Å²) in [6, 6.07) is 8.36. The second-order valence-corrected chi connectivity index (χ2v) is 4.94. The molecule has 0 saturated heterocycles. The second-order valence-electron chi connectivity index (χ2n) is 3.65. The molecule has 1 heterocycles. The molecule has 0 spiro atoms. The van der Waals surface area contributed by atoms with Gasteiger partial charge in [0, 0.05) is 22.2 Å². The Labute approximate surface area is 118 Å². The fourth-order valence-electron chi connectivity index (χ4n) is 1.53. The molecule has 3 nitrogen and oxygen atoms in total. The highest BCUT2D eigenvalue weighted by Crippen LogP contribution is 2.24. The molecule has 18 heavy (non-hydrogen) atoms. The third kappa shape index (κ3) is 2.83. The predicted octanol–water partition coefficient (Wildman–Crippen LogP) is 4.07. The van der Waals surface area contributed by atoms with Crippen molar-refractivity contribution < 1.29 is 13.9 Å². The van der Waals surface area contributed by atoms with Crippen molar-refractivity contribution in [1.82, 2.24) is 0 Å². The van der Waals surface area contributed by atoms with Gasteiger partial charge in [-0.05, 0) is 46.3 Å². The first-order valence-corrected chi connectivity index (χ1v) is 6.36. The van der Waals surface area contributed by atoms with Gasteiger partial charge in [-0.15, -0.1) is 0 Å². The van der Waals surface area contributed by atoms with Crippen LogP contribution in [0.3, 0.4) is 0 Å². The fraction of sp³-hybridized carbons (Fsp3) is 0.154. The summed E-state index contributed by atoms with van der Waals surface area (Å²) in [4.78, 5) is 12.2. The molecule has 0 unspecified atom stereocenters. The summed E-state index contributed by atoms with van der Waals surface area (Å²) in [5.41, 5.74) is 0.512. The van der Waals surface area contributed by atoms with Crippen molar-refractivity contribution >= 4 is 33.3 Å². The molecule has 0 aliphatic carbocycles. The van der Waals surface area contributed by atoms with Gasteiger partial charge in [0.1, 0.15) is 12.4 Å². The van der Waals surface area contributed by atoms with Gasteiger partial charge in [-0.3, -0.25) is 4.79 Å². The van der Waals surface area contributed by atoms with Crippen molar-refractivity contribution in [3.63, 3.8) is 0 Å². The number of rotatable bonds is 4. The first-order chi connectivity index (χ1) is 8.61. The number of halogens is 2. The van der Waals surface area contributed by atoms with Crippen LogP contribution < -0.4 is 0 Å². The number of methoxy groups -OCH3 is 1. The van der Waals surface area contributed by atoms with Crippen molar-refractivity contribution in [2.24, 2.45) is 0 Å². The maximum Gasteiger partial charge on any atom is 0.229 e. The summed E-state index contributed by atoms with van der Waals surface area (Å²) in [5.74, 6) is 0.705. The third-order valence-electron chi connectivity index (χ3n) is 2.35. The van der Waals surface area contributed by atoms with Crippen LogP contribution in [0.15, 0.2) is 39.2 Å². The lowest BCUT2D eigenvalue weighted by molar-refractivity contribution is 0.0999. The summed E-state index contributed by atoms with van der Waals surface area (Å²) in [6.07, 6.45) is 0. The molecule has 0 aliphatic heterocycles. The van der Waals surface area contributed by atoms with Crippen LogP contribution in [0.1, 0.15) is 21.9 Å². The lowest BCUT2D eigenvalue weighted by Crippen LogP contribution is -2.00. The fourth-order valence-corrected chi connectivity index (χ4v) is 2.39. The zero-order valence-electron chi connectivity index (χ0n) is 9.57. The Morgan fingerprint density at radius 2 is 2.17 bits per heavy atom. The lowest BCUT2D eigenvalue weighted by Gasteiger charge is -2.02. The van der Waals surface area contributed by atoms with Gasteiger partial charge in [0.2, 0.25) is 5.78 Å². The Hall–Kier alpha value is -1.10. The van der Waals surface area contributed by atoms with E-state index in [1.165, 1.54) is 0 Å². The Balaban J connectivity index is 2.29. The molecule has 0 amide bonds. The topological polar surface area (TPSA) is 39.4 Å². The summed E-state index contributed by atoms with van der Waals surface area (Å²) < 4.78 is 11.0. The van der Waals surface area contributed by atoms with Crippen molar-refractivity contribution in [1.29, 1.82) is 0 Å². The smallest absolute Gasteiger partial charge is 0.229 e. The SMILES string of the molecule is COCc1ccc(C(=O)c2ccc(Cl)cc2Br)o1. The quantitative estimate of drug-likeness (QED) is 0.794. The number of benzene rings is 1. The van der Waals surface area contributed by atoms with Crippen molar-refractivity contribution in [3.05, 3.63) is 56.9 Å². The number of furan rings is 1. The number of carbonyl (C=O) groups excluding carboxylic acids is 1. The molecular formula is C13H10BrClO3. The van der Waals surface area contributed by atoms with Crippen molar-refractivity contribution in [2.45, 2.75) is 6.61 Å². The average Bonchev–Trinajstić information content (AvgIpc) is 2.77. The minimum atomic E-state index is -0.194. The molecule has 5 heteroatoms. The molecule has 1 aromatic heterocycles. The van der Waals surface area contributed by atoms with Crippen LogP contribution in [0.4, 0.5) is 0 Å². The van der Waals surface area contributed by atoms with Crippen LogP contribution in [0.2, 0.25) is 5.02 Å². The van der Waals surface area contributed by atoms with Gasteiger partial charge < -0.3 is 9.15 Å². The molecule has 1 aromatic carbocycles. The molecule has 94 valence electrons. The standard InChI is InChI=1S/C13H10BrClO3/c1-17-7-9-3-5-12(18-9)13(16)10-4-2-8(15)6-11(10)14/h2-6H,7H2,1H3. The highest BCUT2D eigenvalue weighted by molar-refractivity contribution is 9.10. The number of ketones is 1. The summed E-state index contributed by atoms with van der Waals surface area (Å²) in [7, 11) is 1.57. The Morgan fingerprint density at radius 1 is 1.39 bits per heavy atom. The van der Waals surface area contributed by atoms with Crippen molar-refractivity contribution in [3.8, 4) is 0 Å². The highest BCUT2D eigenvalue weighted by atomic mass is 79.9. The van der Waals surface area contributed by atoms with Crippen LogP contribution in [-0.2, 0) is 11.3 Å². The third-order valence-corrected chi connectivity index (χ3v) is 3.24. The van der Waals surface area contributed by atoms with Gasteiger partial charge in [0.05, 0.1) is 0 Å². The summed E-state index contributed by atoms with van der Waals surface area (Å²) in [5, 5.41) is 0.568. The molecule has 0 fully saturated rings. The molecular weight excluding hydrogens is 319 g/mol. The first-order valence-electron chi connectivity index (χ1n) is 5.19. The van der Waals surface area contributed by atoms with E-state index in [1.807, 2.05) is 0 Å². The maximum atomic E-state index is 12.2. The van der Waals surface area contributed by atoms with Crippen molar-refractivity contribution in [2.75, 3.05) is 7.11 Å². The zero-order valence-corrected chi connectivity index (χ0v) is 11.9. The largest absolute Gasteiger partial charge is 0.455 e. The van der Waals surface area contributed by atoms with E-state index >= 15 is 0 Å². The first kappa shape index (κ1) is 13.3. The molecule has 2 rings (SSSR count). The Kier molecular flexibility index (Phi) is 4.22. The van der Waals surface area contributed by atoms with E-state index in [4.69, 9.17) is 20.8 Å². The van der Waals surface area contributed by atoms with Gasteiger partial charge in [-0.1, -0.05) is 11.6 Å². The van der Waals surface area contributed by atoms with Crippen LogP contribution in [0.25, 0.3) is 0 Å². The molecule has 0 radical (unpaired) electrons. The van der Waals surface area contributed by atoms with E-state index in [9.17, 15) is 4.79 Å². The van der Waals surface area contributed by atoms with Gasteiger partial charge in [-0.2, -0.15) is 0 Å². The molecule has 2 aromatic rings. The molecule has 0 aliphatic rings. The number of hydrogen-bond acceptors (Lipinski definition) is 3. The minimum absolute atomic E-state index is 0.194. The molecule has 0 saturated carbocycles. The normalized spacial score (nSPS) is 10.6. The Morgan fingerprint density at radius 3 is 2.83 bits per heavy atom. The van der Waals surface area contributed by atoms with E-state index in [0.29, 0.717) is 27.4 Å². The molecule has 0 N–H and O–H groups in total. The number of hydrogen-bond donors (Lipinski definition) is 0. The van der Waals surface area contributed by atoms with Gasteiger partial charge in [0.15, 0.2) is 5.76 Å². The maximum absolute atomic E-state index is 12.2. The van der Waals surface area contributed by atoms with Crippen LogP contribution >= 0.6 is 27.5 Å². The van der Waals surface area contributed by atoms with Gasteiger partial charge in [0.25, 0.3) is 0 Å². The van der Waals surface area contributed by atoms with E-state index in [0.717, 1.165) is 0 Å². The van der Waals surface area contributed by atoms with Crippen LogP contribution in [0, 0.1) is 0 Å². The average molecular weight is 330 g/mol. The minimum Gasteiger partial charge on any atom is -0.455 e. The van der Waals surface area contributed by atoms with Gasteiger partial charge >= 0.3 is 0 Å². The number of ether oxygens (including phenoxy) is 1. The van der Waals surface area contributed by atoms with E-state index in [2.05, 4.69) is 15.9 Å². The van der Waals surface area contributed by atoms with E-state index in [1.54, 1.807) is 37.4 Å². The van der Waals surface area contributed by atoms with Crippen LogP contribution in [-0.4, -0.2) is 12.9 Å². The van der Waals surface area contributed by atoms with Crippen LogP contribution in [0.5, 0.6) is 0 Å². The second kappa shape index (κ2) is 5.69. The van der Waals surface area contributed by atoms with E-state index in [-0.39, 0.29) is 11.5 Å². The predicted molar refractivity (Wildman–Crippen MR) is 72.0 cm³/mol. The molecule has 0 bridgehead atoms. The Bertz CT molecular complexity index is 577. The highest BCUT2D eigenvalue weighted by Gasteiger charge is 2.16. The molecule has 0 atom stereocenters. The van der Waals surface area contributed by atoms with Gasteiger partial charge in [-0.25, -0.2) is 0 Å². The van der Waals surface area contributed by atoms with E-state index < -0.39 is 0 Å². The number of carbonyl (C=O) groups is 1. The summed E-state index contributed by atoms with van der Waals surface area (Å²) >= 11 is 9.14. The zero-order chi connectivity index (χ0) is 13.1.